The molecule has 2 aliphatic rings. The molecule has 1 aromatic carbocycles. The topological polar surface area (TPSA) is 15.3 Å². The minimum Gasteiger partial charge on any atom is -0.254 e. The van der Waals surface area contributed by atoms with Crippen LogP contribution in [0, 0.1) is 0 Å². The summed E-state index contributed by atoms with van der Waals surface area (Å²) in [5.41, 5.74) is 5.26. The van der Waals surface area contributed by atoms with Gasteiger partial charge in [-0.3, -0.25) is 5.43 Å². The van der Waals surface area contributed by atoms with Gasteiger partial charge in [-0.25, -0.2) is 5.01 Å². The molecule has 1 fully saturated rings. The van der Waals surface area contributed by atoms with Crippen LogP contribution in [0.5, 0.6) is 0 Å². The van der Waals surface area contributed by atoms with Crippen molar-refractivity contribution in [3.8, 4) is 0 Å². The monoisotopic (exact) mass is 276 g/mol. The van der Waals surface area contributed by atoms with E-state index in [-0.39, 0.29) is 0 Å². The number of rotatable bonds is 3. The molecule has 104 valence electrons. The van der Waals surface area contributed by atoms with E-state index in [0.717, 1.165) is 6.54 Å². The summed E-state index contributed by atoms with van der Waals surface area (Å²) in [7, 11) is 0. The fraction of sp³-hybridized carbons (Fsp3) is 0.625. The molecular weight excluding hydrogens is 252 g/mol. The number of hydrogen-bond donors (Lipinski definition) is 1. The molecule has 0 aliphatic carbocycles. The molecule has 3 heteroatoms. The van der Waals surface area contributed by atoms with Gasteiger partial charge in [0, 0.05) is 35.2 Å². The Kier molecular flexibility index (Phi) is 4.15. The third-order valence-electron chi connectivity index (χ3n) is 4.51. The first-order valence-electron chi connectivity index (χ1n) is 7.49. The first-order chi connectivity index (χ1) is 9.25. The second-order valence-corrected chi connectivity index (χ2v) is 7.01. The van der Waals surface area contributed by atoms with Crippen molar-refractivity contribution < 1.29 is 0 Å². The van der Waals surface area contributed by atoms with Crippen molar-refractivity contribution >= 4 is 11.8 Å². The van der Waals surface area contributed by atoms with Gasteiger partial charge in [-0.15, -0.1) is 11.8 Å². The molecule has 0 bridgehead atoms. The molecule has 1 N–H and O–H groups in total. The standard InChI is InChI=1S/C16H24N2S/c1-12-6-5-7-13(2)18(12)17-10-14-11-19-16-9-4-3-8-15(14)16/h3-4,8-9,12-14,17H,5-7,10-11H2,1-2H3. The minimum atomic E-state index is 0.669. The van der Waals surface area contributed by atoms with Crippen LogP contribution >= 0.6 is 11.8 Å². The van der Waals surface area contributed by atoms with E-state index in [1.165, 1.54) is 35.5 Å². The van der Waals surface area contributed by atoms with Crippen LogP contribution in [0.25, 0.3) is 0 Å². The summed E-state index contributed by atoms with van der Waals surface area (Å²) in [4.78, 5) is 1.48. The zero-order valence-corrected chi connectivity index (χ0v) is 12.7. The molecule has 2 heterocycles. The molecular formula is C16H24N2S. The van der Waals surface area contributed by atoms with Gasteiger partial charge >= 0.3 is 0 Å². The summed E-state index contributed by atoms with van der Waals surface area (Å²) in [6.07, 6.45) is 4.03. The Morgan fingerprint density at radius 2 is 1.95 bits per heavy atom. The average molecular weight is 276 g/mol. The summed E-state index contributed by atoms with van der Waals surface area (Å²) in [6, 6.07) is 10.2. The first kappa shape index (κ1) is 13.5. The molecule has 1 saturated heterocycles. The normalized spacial score (nSPS) is 31.4. The van der Waals surface area contributed by atoms with Gasteiger partial charge in [0.2, 0.25) is 0 Å². The number of hydrogen-bond acceptors (Lipinski definition) is 3. The Labute approximate surface area is 120 Å². The second kappa shape index (κ2) is 5.86. The van der Waals surface area contributed by atoms with E-state index in [1.807, 2.05) is 11.8 Å². The van der Waals surface area contributed by atoms with Crippen LogP contribution in [-0.2, 0) is 0 Å². The maximum Gasteiger partial charge on any atom is 0.0218 e. The van der Waals surface area contributed by atoms with Gasteiger partial charge in [0.25, 0.3) is 0 Å². The van der Waals surface area contributed by atoms with E-state index < -0.39 is 0 Å². The highest BCUT2D eigenvalue weighted by molar-refractivity contribution is 7.99. The minimum absolute atomic E-state index is 0.669. The van der Waals surface area contributed by atoms with Crippen molar-refractivity contribution in [3.63, 3.8) is 0 Å². The van der Waals surface area contributed by atoms with Crippen molar-refractivity contribution in [1.29, 1.82) is 0 Å². The first-order valence-corrected chi connectivity index (χ1v) is 8.48. The summed E-state index contributed by atoms with van der Waals surface area (Å²) in [5.74, 6) is 1.89. The van der Waals surface area contributed by atoms with Crippen LogP contribution in [0.15, 0.2) is 29.2 Å². The third-order valence-corrected chi connectivity index (χ3v) is 5.76. The van der Waals surface area contributed by atoms with E-state index >= 15 is 0 Å². The quantitative estimate of drug-likeness (QED) is 0.907. The van der Waals surface area contributed by atoms with Crippen LogP contribution in [-0.4, -0.2) is 29.4 Å². The Bertz CT molecular complexity index is 425. The van der Waals surface area contributed by atoms with Gasteiger partial charge in [0.15, 0.2) is 0 Å². The van der Waals surface area contributed by atoms with Crippen LogP contribution < -0.4 is 5.43 Å². The summed E-state index contributed by atoms with van der Waals surface area (Å²) < 4.78 is 0. The summed E-state index contributed by atoms with van der Waals surface area (Å²) >= 11 is 2.01. The average Bonchev–Trinajstić information content (AvgIpc) is 2.82. The van der Waals surface area contributed by atoms with Crippen LogP contribution in [0.2, 0.25) is 0 Å². The lowest BCUT2D eigenvalue weighted by molar-refractivity contribution is 0.0449. The highest BCUT2D eigenvalue weighted by Gasteiger charge is 2.27. The smallest absolute Gasteiger partial charge is 0.0218 e. The zero-order valence-electron chi connectivity index (χ0n) is 11.9. The number of nitrogens with zero attached hydrogens (tertiary/aromatic N) is 1. The van der Waals surface area contributed by atoms with Crippen molar-refractivity contribution in [1.82, 2.24) is 10.4 Å². The number of thioether (sulfide) groups is 1. The number of nitrogens with one attached hydrogen (secondary N) is 1. The van der Waals surface area contributed by atoms with Crippen LogP contribution in [0.4, 0.5) is 0 Å². The predicted octanol–water partition coefficient (Wildman–Crippen LogP) is 3.64. The molecule has 0 aromatic heterocycles. The molecule has 2 aliphatic heterocycles. The Hall–Kier alpha value is -0.510. The molecule has 3 rings (SSSR count). The van der Waals surface area contributed by atoms with Gasteiger partial charge in [0.05, 0.1) is 0 Å². The van der Waals surface area contributed by atoms with Gasteiger partial charge in [-0.2, -0.15) is 0 Å². The molecule has 0 amide bonds. The van der Waals surface area contributed by atoms with Crippen molar-refractivity contribution in [2.45, 2.75) is 56.0 Å². The van der Waals surface area contributed by atoms with E-state index in [0.29, 0.717) is 18.0 Å². The lowest BCUT2D eigenvalue weighted by atomic mass is 9.99. The predicted molar refractivity (Wildman–Crippen MR) is 82.5 cm³/mol. The fourth-order valence-corrected chi connectivity index (χ4v) is 4.60. The van der Waals surface area contributed by atoms with Gasteiger partial charge in [-0.1, -0.05) is 24.6 Å². The summed E-state index contributed by atoms with van der Waals surface area (Å²) in [6.45, 7) is 5.78. The van der Waals surface area contributed by atoms with Crippen molar-refractivity contribution in [3.05, 3.63) is 29.8 Å². The van der Waals surface area contributed by atoms with Gasteiger partial charge < -0.3 is 0 Å². The van der Waals surface area contributed by atoms with Crippen LogP contribution in [0.3, 0.4) is 0 Å². The maximum absolute atomic E-state index is 3.72. The molecule has 3 unspecified atom stereocenters. The Morgan fingerprint density at radius 1 is 1.21 bits per heavy atom. The summed E-state index contributed by atoms with van der Waals surface area (Å²) in [5, 5.41) is 2.50. The fourth-order valence-electron chi connectivity index (χ4n) is 3.35. The highest BCUT2D eigenvalue weighted by Crippen LogP contribution is 2.39. The zero-order chi connectivity index (χ0) is 13.2. The van der Waals surface area contributed by atoms with Crippen molar-refractivity contribution in [2.75, 3.05) is 12.3 Å². The molecule has 2 nitrogen and oxygen atoms in total. The van der Waals surface area contributed by atoms with Gasteiger partial charge in [0.1, 0.15) is 0 Å². The SMILES string of the molecule is CC1CCCC(C)N1NCC1CSc2ccccc21. The highest BCUT2D eigenvalue weighted by atomic mass is 32.2. The lowest BCUT2D eigenvalue weighted by Gasteiger charge is -2.39. The Morgan fingerprint density at radius 3 is 2.74 bits per heavy atom. The maximum atomic E-state index is 3.72. The van der Waals surface area contributed by atoms with E-state index in [4.69, 9.17) is 0 Å². The molecule has 1 aromatic rings. The number of hydrazine groups is 1. The molecule has 0 spiro atoms. The van der Waals surface area contributed by atoms with E-state index in [9.17, 15) is 0 Å². The van der Waals surface area contributed by atoms with Crippen molar-refractivity contribution in [2.24, 2.45) is 0 Å². The number of piperidine rings is 1. The third kappa shape index (κ3) is 2.83. The molecule has 3 atom stereocenters. The number of benzene rings is 1. The molecule has 19 heavy (non-hydrogen) atoms. The second-order valence-electron chi connectivity index (χ2n) is 5.94. The molecule has 0 radical (unpaired) electrons. The van der Waals surface area contributed by atoms with Gasteiger partial charge in [-0.05, 0) is 38.3 Å². The van der Waals surface area contributed by atoms with E-state index in [2.05, 4.69) is 48.5 Å². The lowest BCUT2D eigenvalue weighted by Crippen LogP contribution is -2.53. The Balaban J connectivity index is 1.61. The molecule has 0 saturated carbocycles. The van der Waals surface area contributed by atoms with Crippen LogP contribution in [0.1, 0.15) is 44.6 Å². The largest absolute Gasteiger partial charge is 0.254 e. The van der Waals surface area contributed by atoms with E-state index in [1.54, 1.807) is 0 Å². The number of fused-ring (bicyclic) bond motifs is 1.